The van der Waals surface area contributed by atoms with E-state index in [1.54, 1.807) is 6.08 Å². The molecule has 0 aromatic heterocycles. The lowest BCUT2D eigenvalue weighted by atomic mass is 10.0. The zero-order chi connectivity index (χ0) is 13.1. The van der Waals surface area contributed by atoms with Gasteiger partial charge in [-0.05, 0) is 30.9 Å². The molecule has 1 aliphatic rings. The van der Waals surface area contributed by atoms with Crippen molar-refractivity contribution >= 4 is 10.1 Å². The molecule has 0 amide bonds. The van der Waals surface area contributed by atoms with Gasteiger partial charge < -0.3 is 4.18 Å². The van der Waals surface area contributed by atoms with E-state index in [-0.39, 0.29) is 5.76 Å². The fraction of sp³-hybridized carbons (Fsp3) is 0.600. The molecule has 1 rings (SSSR count). The van der Waals surface area contributed by atoms with Crippen LogP contribution in [0.5, 0.6) is 0 Å². The Labute approximate surface area is 98.1 Å². The minimum Gasteiger partial charge on any atom is -0.376 e. The highest BCUT2D eigenvalue weighted by Gasteiger charge is 2.49. The highest BCUT2D eigenvalue weighted by Crippen LogP contribution is 2.31. The van der Waals surface area contributed by atoms with Gasteiger partial charge in [-0.15, -0.1) is 0 Å². The van der Waals surface area contributed by atoms with Crippen molar-refractivity contribution in [2.45, 2.75) is 38.1 Å². The van der Waals surface area contributed by atoms with Crippen molar-refractivity contribution in [1.82, 2.24) is 0 Å². The summed E-state index contributed by atoms with van der Waals surface area (Å²) >= 11 is 0. The molecular weight excluding hydrogens is 257 g/mol. The van der Waals surface area contributed by atoms with E-state index in [4.69, 9.17) is 0 Å². The smallest absolute Gasteiger partial charge is 0.376 e. The molecular formula is C10H13F3O3S. The van der Waals surface area contributed by atoms with Gasteiger partial charge >= 0.3 is 15.6 Å². The quantitative estimate of drug-likeness (QED) is 0.581. The van der Waals surface area contributed by atoms with Crippen LogP contribution in [0.15, 0.2) is 23.5 Å². The lowest BCUT2D eigenvalue weighted by molar-refractivity contribution is -0.0520. The summed E-state index contributed by atoms with van der Waals surface area (Å²) in [5, 5.41) is 0. The Bertz CT molecular complexity index is 432. The van der Waals surface area contributed by atoms with E-state index >= 15 is 0 Å². The Morgan fingerprint density at radius 2 is 1.88 bits per heavy atom. The first-order valence-electron chi connectivity index (χ1n) is 5.18. The van der Waals surface area contributed by atoms with E-state index in [0.717, 1.165) is 0 Å². The SMILES string of the molecule is CCCC1=CCCC=C1OS(=O)(=O)C(F)(F)F. The Balaban J connectivity index is 2.88. The highest BCUT2D eigenvalue weighted by molar-refractivity contribution is 7.87. The van der Waals surface area contributed by atoms with Gasteiger partial charge in [-0.2, -0.15) is 21.6 Å². The average Bonchev–Trinajstić information content (AvgIpc) is 2.19. The van der Waals surface area contributed by atoms with E-state index in [2.05, 4.69) is 4.18 Å². The summed E-state index contributed by atoms with van der Waals surface area (Å²) in [4.78, 5) is 0. The van der Waals surface area contributed by atoms with Crippen LogP contribution in [-0.2, 0) is 14.3 Å². The molecule has 0 saturated heterocycles. The number of hydrogen-bond acceptors (Lipinski definition) is 3. The molecule has 98 valence electrons. The maximum atomic E-state index is 12.1. The van der Waals surface area contributed by atoms with Crippen LogP contribution in [0.2, 0.25) is 0 Å². The molecule has 0 aliphatic heterocycles. The molecule has 0 bridgehead atoms. The second kappa shape index (κ2) is 5.12. The van der Waals surface area contributed by atoms with Gasteiger partial charge in [0.25, 0.3) is 0 Å². The molecule has 0 aromatic carbocycles. The van der Waals surface area contributed by atoms with Gasteiger partial charge in [0.05, 0.1) is 0 Å². The first-order valence-corrected chi connectivity index (χ1v) is 6.59. The predicted molar refractivity (Wildman–Crippen MR) is 56.4 cm³/mol. The molecule has 0 saturated carbocycles. The van der Waals surface area contributed by atoms with Crippen molar-refractivity contribution in [3.05, 3.63) is 23.5 Å². The van der Waals surface area contributed by atoms with Gasteiger partial charge in [-0.3, -0.25) is 0 Å². The third kappa shape index (κ3) is 3.49. The molecule has 3 nitrogen and oxygen atoms in total. The zero-order valence-corrected chi connectivity index (χ0v) is 10.1. The molecule has 1 aliphatic carbocycles. The highest BCUT2D eigenvalue weighted by atomic mass is 32.2. The van der Waals surface area contributed by atoms with Crippen molar-refractivity contribution < 1.29 is 25.8 Å². The third-order valence-electron chi connectivity index (χ3n) is 2.21. The van der Waals surface area contributed by atoms with Gasteiger partial charge in [0.2, 0.25) is 0 Å². The second-order valence-corrected chi connectivity index (χ2v) is 5.15. The minimum atomic E-state index is -5.56. The summed E-state index contributed by atoms with van der Waals surface area (Å²) in [6.07, 6.45) is 5.47. The molecule has 0 atom stereocenters. The van der Waals surface area contributed by atoms with Crippen LogP contribution in [0.1, 0.15) is 32.6 Å². The number of hydrogen-bond donors (Lipinski definition) is 0. The Morgan fingerprint density at radius 1 is 1.29 bits per heavy atom. The number of allylic oxidation sites excluding steroid dienone is 3. The Hall–Kier alpha value is -0.980. The topological polar surface area (TPSA) is 43.4 Å². The lowest BCUT2D eigenvalue weighted by Crippen LogP contribution is -2.25. The number of halogens is 3. The average molecular weight is 270 g/mol. The summed E-state index contributed by atoms with van der Waals surface area (Å²) in [7, 11) is -5.56. The first kappa shape index (κ1) is 14.1. The van der Waals surface area contributed by atoms with Gasteiger partial charge in [-0.1, -0.05) is 19.4 Å². The van der Waals surface area contributed by atoms with E-state index in [9.17, 15) is 21.6 Å². The summed E-state index contributed by atoms with van der Waals surface area (Å²) in [6, 6.07) is 0. The second-order valence-electron chi connectivity index (χ2n) is 3.61. The molecule has 0 aromatic rings. The first-order chi connectivity index (χ1) is 7.78. The minimum absolute atomic E-state index is 0.185. The largest absolute Gasteiger partial charge is 0.534 e. The van der Waals surface area contributed by atoms with E-state index in [0.29, 0.717) is 31.3 Å². The Morgan fingerprint density at radius 3 is 2.41 bits per heavy atom. The van der Waals surface area contributed by atoms with Crippen molar-refractivity contribution in [3.8, 4) is 0 Å². The van der Waals surface area contributed by atoms with Gasteiger partial charge in [0.15, 0.2) is 0 Å². The molecule has 0 radical (unpaired) electrons. The Kier molecular flexibility index (Phi) is 4.24. The van der Waals surface area contributed by atoms with Crippen LogP contribution in [0.25, 0.3) is 0 Å². The third-order valence-corrected chi connectivity index (χ3v) is 3.17. The van der Waals surface area contributed by atoms with Gasteiger partial charge in [0.1, 0.15) is 5.76 Å². The van der Waals surface area contributed by atoms with Crippen LogP contribution in [-0.4, -0.2) is 13.9 Å². The predicted octanol–water partition coefficient (Wildman–Crippen LogP) is 3.26. The molecule has 17 heavy (non-hydrogen) atoms. The standard InChI is InChI=1S/C10H13F3O3S/c1-2-5-8-6-3-4-7-9(8)16-17(14,15)10(11,12)13/h6-7H,2-5H2,1H3. The van der Waals surface area contributed by atoms with Crippen LogP contribution in [0.4, 0.5) is 13.2 Å². The van der Waals surface area contributed by atoms with Crippen molar-refractivity contribution in [2.24, 2.45) is 0 Å². The van der Waals surface area contributed by atoms with Crippen LogP contribution in [0, 0.1) is 0 Å². The van der Waals surface area contributed by atoms with Gasteiger partial charge in [-0.25, -0.2) is 0 Å². The number of alkyl halides is 3. The maximum absolute atomic E-state index is 12.1. The van der Waals surface area contributed by atoms with Crippen molar-refractivity contribution in [3.63, 3.8) is 0 Å². The maximum Gasteiger partial charge on any atom is 0.534 e. The summed E-state index contributed by atoms with van der Waals surface area (Å²) in [5.74, 6) is -0.185. The summed E-state index contributed by atoms with van der Waals surface area (Å²) in [5.41, 5.74) is -4.87. The normalized spacial score (nSPS) is 17.4. The molecule has 7 heteroatoms. The van der Waals surface area contributed by atoms with E-state index in [1.165, 1.54) is 6.08 Å². The van der Waals surface area contributed by atoms with Crippen LogP contribution < -0.4 is 0 Å². The van der Waals surface area contributed by atoms with Crippen molar-refractivity contribution in [1.29, 1.82) is 0 Å². The molecule has 0 fully saturated rings. The van der Waals surface area contributed by atoms with Gasteiger partial charge in [0, 0.05) is 0 Å². The van der Waals surface area contributed by atoms with E-state index in [1.807, 2.05) is 6.92 Å². The number of rotatable bonds is 4. The van der Waals surface area contributed by atoms with Crippen LogP contribution in [0.3, 0.4) is 0 Å². The van der Waals surface area contributed by atoms with E-state index < -0.39 is 15.6 Å². The summed E-state index contributed by atoms with van der Waals surface area (Å²) < 4.78 is 62.3. The van der Waals surface area contributed by atoms with Crippen molar-refractivity contribution in [2.75, 3.05) is 0 Å². The zero-order valence-electron chi connectivity index (χ0n) is 9.25. The monoisotopic (exact) mass is 270 g/mol. The molecule has 0 spiro atoms. The molecule has 0 N–H and O–H groups in total. The van der Waals surface area contributed by atoms with Crippen LogP contribution >= 0.6 is 0 Å². The molecule has 0 heterocycles. The lowest BCUT2D eigenvalue weighted by Gasteiger charge is -2.17. The summed E-state index contributed by atoms with van der Waals surface area (Å²) in [6.45, 7) is 1.85. The fourth-order valence-electron chi connectivity index (χ4n) is 1.45. The molecule has 0 unspecified atom stereocenters. The fourth-order valence-corrected chi connectivity index (χ4v) is 1.96.